The Morgan fingerprint density at radius 2 is 2.42 bits per heavy atom. The zero-order valence-electron chi connectivity index (χ0n) is 6.47. The van der Waals surface area contributed by atoms with Crippen LogP contribution in [0.5, 0.6) is 0 Å². The first-order valence-electron chi connectivity index (χ1n) is 3.28. The molecule has 0 saturated heterocycles. The van der Waals surface area contributed by atoms with Crippen LogP contribution in [0.4, 0.5) is 5.82 Å². The molecule has 1 heterocycles. The first-order valence-corrected chi connectivity index (χ1v) is 4.07. The summed E-state index contributed by atoms with van der Waals surface area (Å²) in [4.78, 5) is 4.01. The van der Waals surface area contributed by atoms with Gasteiger partial charge in [0.25, 0.3) is 0 Å². The molecule has 1 rings (SSSR count). The lowest BCUT2D eigenvalue weighted by Gasteiger charge is -2.04. The minimum absolute atomic E-state index is 0.160. The van der Waals surface area contributed by atoms with Crippen LogP contribution in [0.1, 0.15) is 5.56 Å². The number of thiocarbonyl (C=S) groups is 1. The summed E-state index contributed by atoms with van der Waals surface area (Å²) < 4.78 is 0. The minimum Gasteiger partial charge on any atom is -0.376 e. The van der Waals surface area contributed by atoms with E-state index in [0.29, 0.717) is 10.8 Å². The van der Waals surface area contributed by atoms with Gasteiger partial charge < -0.3 is 11.1 Å². The van der Waals surface area contributed by atoms with E-state index in [4.69, 9.17) is 17.3 Å². The average Bonchev–Trinajstić information content (AvgIpc) is 1.94. The molecule has 3 N–H and O–H groups in total. The van der Waals surface area contributed by atoms with Crippen LogP contribution < -0.4 is 11.1 Å². The van der Waals surface area contributed by atoms with Gasteiger partial charge >= 0.3 is 0 Å². The van der Waals surface area contributed by atoms with Gasteiger partial charge in [0.1, 0.15) is 0 Å². The van der Waals surface area contributed by atoms with E-state index in [2.05, 4.69) is 22.5 Å². The summed E-state index contributed by atoms with van der Waals surface area (Å²) in [6.45, 7) is 1.91. The van der Waals surface area contributed by atoms with Crippen LogP contribution in [0, 0.1) is 6.92 Å². The SMILES string of the molecule is Cc1cnc(NC(N)=S)c(Cl)c1. The van der Waals surface area contributed by atoms with Crippen molar-refractivity contribution < 1.29 is 0 Å². The van der Waals surface area contributed by atoms with Gasteiger partial charge in [-0.2, -0.15) is 0 Å². The smallest absolute Gasteiger partial charge is 0.169 e. The van der Waals surface area contributed by atoms with Crippen LogP contribution in [0.2, 0.25) is 5.02 Å². The molecule has 0 atom stereocenters. The number of nitrogens with two attached hydrogens (primary N) is 1. The lowest BCUT2D eigenvalue weighted by Crippen LogP contribution is -2.19. The fraction of sp³-hybridized carbons (Fsp3) is 0.143. The Bertz CT molecular complexity index is 314. The maximum absolute atomic E-state index is 5.83. The van der Waals surface area contributed by atoms with E-state index in [-0.39, 0.29) is 5.11 Å². The molecule has 1 aromatic rings. The van der Waals surface area contributed by atoms with Gasteiger partial charge in [-0.3, -0.25) is 0 Å². The summed E-state index contributed by atoms with van der Waals surface area (Å²) >= 11 is 10.5. The Kier molecular flexibility index (Phi) is 2.83. The third kappa shape index (κ3) is 2.32. The second-order valence-corrected chi connectivity index (χ2v) is 3.18. The van der Waals surface area contributed by atoms with E-state index in [0.717, 1.165) is 5.56 Å². The molecule has 0 aliphatic rings. The standard InChI is InChI=1S/C7H8ClN3S/c1-4-2-5(8)6(10-3-4)11-7(9)12/h2-3H,1H3,(H3,9,10,11,12). The van der Waals surface area contributed by atoms with Crippen LogP contribution in [0.3, 0.4) is 0 Å². The molecular formula is C7H8ClN3S. The summed E-state index contributed by atoms with van der Waals surface area (Å²) in [5.74, 6) is 0.495. The topological polar surface area (TPSA) is 50.9 Å². The average molecular weight is 202 g/mol. The maximum atomic E-state index is 5.83. The fourth-order valence-electron chi connectivity index (χ4n) is 0.742. The highest BCUT2D eigenvalue weighted by molar-refractivity contribution is 7.80. The van der Waals surface area contributed by atoms with Crippen LogP contribution in [0.15, 0.2) is 12.3 Å². The lowest BCUT2D eigenvalue weighted by atomic mass is 10.3. The van der Waals surface area contributed by atoms with E-state index in [9.17, 15) is 0 Å². The Morgan fingerprint density at radius 1 is 1.75 bits per heavy atom. The number of anilines is 1. The Labute approximate surface area is 80.9 Å². The molecule has 0 saturated carbocycles. The zero-order chi connectivity index (χ0) is 9.14. The number of rotatable bonds is 1. The highest BCUT2D eigenvalue weighted by Crippen LogP contribution is 2.18. The number of aromatic nitrogens is 1. The summed E-state index contributed by atoms with van der Waals surface area (Å²) in [5.41, 5.74) is 6.25. The van der Waals surface area contributed by atoms with E-state index in [1.165, 1.54) is 0 Å². The molecule has 0 aromatic carbocycles. The molecule has 0 bridgehead atoms. The van der Waals surface area contributed by atoms with Gasteiger partial charge in [-0.05, 0) is 30.8 Å². The molecule has 0 radical (unpaired) electrons. The van der Waals surface area contributed by atoms with Crippen molar-refractivity contribution in [3.63, 3.8) is 0 Å². The van der Waals surface area contributed by atoms with E-state index in [1.807, 2.05) is 6.92 Å². The quantitative estimate of drug-likeness (QED) is 0.680. The number of aryl methyl sites for hydroxylation is 1. The second-order valence-electron chi connectivity index (χ2n) is 2.33. The van der Waals surface area contributed by atoms with Crippen molar-refractivity contribution in [1.29, 1.82) is 0 Å². The molecule has 5 heteroatoms. The van der Waals surface area contributed by atoms with E-state index < -0.39 is 0 Å². The Balaban J connectivity index is 2.93. The molecule has 3 nitrogen and oxygen atoms in total. The maximum Gasteiger partial charge on any atom is 0.169 e. The summed E-state index contributed by atoms with van der Waals surface area (Å²) in [5, 5.41) is 3.34. The molecule has 0 spiro atoms. The molecule has 0 amide bonds. The van der Waals surface area contributed by atoms with Crippen molar-refractivity contribution >= 4 is 34.7 Å². The van der Waals surface area contributed by atoms with Gasteiger partial charge in [-0.25, -0.2) is 4.98 Å². The molecule has 1 aromatic heterocycles. The normalized spacial score (nSPS) is 9.50. The van der Waals surface area contributed by atoms with Crippen LogP contribution in [-0.4, -0.2) is 10.1 Å². The van der Waals surface area contributed by atoms with Gasteiger partial charge in [0.15, 0.2) is 10.9 Å². The fourth-order valence-corrected chi connectivity index (χ4v) is 1.11. The van der Waals surface area contributed by atoms with E-state index in [1.54, 1.807) is 12.3 Å². The van der Waals surface area contributed by atoms with Crippen LogP contribution in [0.25, 0.3) is 0 Å². The molecule has 0 aliphatic carbocycles. The lowest BCUT2D eigenvalue weighted by molar-refractivity contribution is 1.27. The third-order valence-electron chi connectivity index (χ3n) is 1.22. The van der Waals surface area contributed by atoms with Crippen molar-refractivity contribution in [2.24, 2.45) is 5.73 Å². The predicted molar refractivity (Wildman–Crippen MR) is 54.4 cm³/mol. The molecule has 64 valence electrons. The van der Waals surface area contributed by atoms with E-state index >= 15 is 0 Å². The summed E-state index contributed by atoms with van der Waals surface area (Å²) in [6.07, 6.45) is 1.69. The van der Waals surface area contributed by atoms with Crippen molar-refractivity contribution in [2.75, 3.05) is 5.32 Å². The number of hydrogen-bond acceptors (Lipinski definition) is 2. The van der Waals surface area contributed by atoms with Crippen molar-refractivity contribution in [1.82, 2.24) is 4.98 Å². The van der Waals surface area contributed by atoms with Gasteiger partial charge in [-0.15, -0.1) is 0 Å². The molecular weight excluding hydrogens is 194 g/mol. The number of hydrogen-bond donors (Lipinski definition) is 2. The Morgan fingerprint density at radius 3 is 2.92 bits per heavy atom. The highest BCUT2D eigenvalue weighted by Gasteiger charge is 2.01. The predicted octanol–water partition coefficient (Wildman–Crippen LogP) is 1.70. The summed E-state index contributed by atoms with van der Waals surface area (Å²) in [6, 6.07) is 1.79. The zero-order valence-corrected chi connectivity index (χ0v) is 8.04. The highest BCUT2D eigenvalue weighted by atomic mass is 35.5. The van der Waals surface area contributed by atoms with Crippen LogP contribution in [-0.2, 0) is 0 Å². The van der Waals surface area contributed by atoms with Gasteiger partial charge in [-0.1, -0.05) is 11.6 Å². The Hall–Kier alpha value is -0.870. The van der Waals surface area contributed by atoms with Crippen molar-refractivity contribution in [2.45, 2.75) is 6.92 Å². The van der Waals surface area contributed by atoms with Crippen molar-refractivity contribution in [3.8, 4) is 0 Å². The number of halogens is 1. The minimum atomic E-state index is 0.160. The van der Waals surface area contributed by atoms with Gasteiger partial charge in [0.2, 0.25) is 0 Å². The molecule has 0 aliphatic heterocycles. The van der Waals surface area contributed by atoms with Gasteiger partial charge in [0, 0.05) is 6.20 Å². The first kappa shape index (κ1) is 9.22. The largest absolute Gasteiger partial charge is 0.376 e. The molecule has 0 fully saturated rings. The summed E-state index contributed by atoms with van der Waals surface area (Å²) in [7, 11) is 0. The number of nitrogens with one attached hydrogen (secondary N) is 1. The van der Waals surface area contributed by atoms with Gasteiger partial charge in [0.05, 0.1) is 5.02 Å². The first-order chi connectivity index (χ1) is 5.59. The third-order valence-corrected chi connectivity index (χ3v) is 1.61. The number of nitrogens with zero attached hydrogens (tertiary/aromatic N) is 1. The monoisotopic (exact) mass is 201 g/mol. The molecule has 0 unspecified atom stereocenters. The second kappa shape index (κ2) is 3.69. The van der Waals surface area contributed by atoms with Crippen LogP contribution >= 0.6 is 23.8 Å². The van der Waals surface area contributed by atoms with Crippen molar-refractivity contribution in [3.05, 3.63) is 22.8 Å². The number of pyridine rings is 1. The molecule has 12 heavy (non-hydrogen) atoms.